The van der Waals surface area contributed by atoms with Crippen molar-refractivity contribution < 1.29 is 42.2 Å². The van der Waals surface area contributed by atoms with Gasteiger partial charge in [-0.15, -0.1) is 0 Å². The quantitative estimate of drug-likeness (QED) is 0.0673. The molecule has 20 heteroatoms. The van der Waals surface area contributed by atoms with Crippen LogP contribution in [-0.2, 0) is 22.6 Å². The van der Waals surface area contributed by atoms with E-state index in [4.69, 9.17) is 35.0 Å². The largest absolute Gasteiger partial charge is 0.382 e. The van der Waals surface area contributed by atoms with Crippen LogP contribution in [0.3, 0.4) is 0 Å². The minimum atomic E-state index is -2.90. The van der Waals surface area contributed by atoms with E-state index >= 15 is 0 Å². The molecule has 0 amide bonds. The Morgan fingerprint density at radius 1 is 1.41 bits per heavy atom. The van der Waals surface area contributed by atoms with Gasteiger partial charge in [-0.05, 0) is 12.6 Å². The van der Waals surface area contributed by atoms with Crippen molar-refractivity contribution in [3.05, 3.63) is 32.7 Å². The number of azide groups is 1. The molecule has 188 valence electrons. The number of ether oxygens (including phenoxy) is 2. The van der Waals surface area contributed by atoms with E-state index in [2.05, 4.69) is 40.8 Å². The van der Waals surface area contributed by atoms with E-state index in [-0.39, 0.29) is 25.6 Å². The molecule has 7 N–H and O–H groups in total. The third-order valence-corrected chi connectivity index (χ3v) is 6.63. The highest BCUT2D eigenvalue weighted by Crippen LogP contribution is 2.55. The molecular weight excluding hydrogens is 519 g/mol. The van der Waals surface area contributed by atoms with Gasteiger partial charge < -0.3 is 44.6 Å². The molecule has 0 radical (unpaired) electrons. The first kappa shape index (κ1) is 28.7. The molecule has 5 atom stereocenters. The van der Waals surface area contributed by atoms with Gasteiger partial charge in [-0.3, -0.25) is 4.57 Å². The lowest BCUT2D eigenvalue weighted by atomic mass is 10.2. The molecule has 1 aromatic rings. The molecule has 1 fully saturated rings. The molecule has 0 spiro atoms. The lowest BCUT2D eigenvalue weighted by Crippen LogP contribution is -2.29. The first-order valence-electron chi connectivity index (χ1n) is 9.20. The molecule has 0 aliphatic carbocycles. The molecular formula is C14H22N7O10P3. The minimum absolute atomic E-state index is 0.0425. The number of nitrogens with zero attached hydrogens (tertiary/aromatic N) is 5. The lowest BCUT2D eigenvalue weighted by molar-refractivity contribution is -0.0578. The maximum atomic E-state index is 12.4. The van der Waals surface area contributed by atoms with Crippen molar-refractivity contribution in [1.82, 2.24) is 14.9 Å². The second-order valence-electron chi connectivity index (χ2n) is 6.18. The number of aromatic nitrogens is 2. The summed E-state index contributed by atoms with van der Waals surface area (Å²) in [4.78, 5) is 55.2. The van der Waals surface area contributed by atoms with Gasteiger partial charge in [-0.2, -0.15) is 4.98 Å². The van der Waals surface area contributed by atoms with Gasteiger partial charge in [0.25, 0.3) is 0 Å². The highest BCUT2D eigenvalue weighted by Gasteiger charge is 2.38. The van der Waals surface area contributed by atoms with Crippen molar-refractivity contribution in [2.75, 3.05) is 32.7 Å². The Balaban J connectivity index is 2.13. The van der Waals surface area contributed by atoms with Crippen LogP contribution in [0.25, 0.3) is 10.4 Å². The topological polar surface area (TPSA) is 249 Å². The summed E-state index contributed by atoms with van der Waals surface area (Å²) in [6.07, 6.45) is -0.986. The predicted octanol–water partition coefficient (Wildman–Crippen LogP) is 0.0366. The molecule has 1 aromatic heterocycles. The van der Waals surface area contributed by atoms with Crippen LogP contribution in [-0.4, -0.2) is 68.3 Å². The van der Waals surface area contributed by atoms with Crippen LogP contribution in [0.2, 0.25) is 0 Å². The van der Waals surface area contributed by atoms with Crippen molar-refractivity contribution in [1.29, 1.82) is 0 Å². The summed E-state index contributed by atoms with van der Waals surface area (Å²) in [7, 11) is -6.67. The van der Waals surface area contributed by atoms with E-state index in [1.807, 2.05) is 0 Å². The van der Waals surface area contributed by atoms with Gasteiger partial charge in [0.1, 0.15) is 24.9 Å². The smallest absolute Gasteiger partial charge is 0.351 e. The number of nitrogen functional groups attached to an aromatic ring is 1. The Hall–Kier alpha value is -1.56. The summed E-state index contributed by atoms with van der Waals surface area (Å²) in [6.45, 7) is -0.277. The molecule has 0 aromatic carbocycles. The molecule has 2 heterocycles. The van der Waals surface area contributed by atoms with Crippen LogP contribution in [0.15, 0.2) is 16.1 Å². The molecule has 1 saturated heterocycles. The lowest BCUT2D eigenvalue weighted by Gasteiger charge is -2.20. The van der Waals surface area contributed by atoms with E-state index in [9.17, 15) is 14.6 Å². The first-order chi connectivity index (χ1) is 16.2. The van der Waals surface area contributed by atoms with Crippen molar-refractivity contribution in [3.8, 4) is 11.8 Å². The zero-order valence-electron chi connectivity index (χ0n) is 17.5. The fraction of sp³-hybridized carbons (Fsp3) is 0.571. The second kappa shape index (κ2) is 14.8. The van der Waals surface area contributed by atoms with Gasteiger partial charge in [-0.25, -0.2) is 13.4 Å². The van der Waals surface area contributed by atoms with Crippen molar-refractivity contribution >= 4 is 31.6 Å². The Kier molecular flexibility index (Phi) is 12.4. The Morgan fingerprint density at radius 2 is 2.18 bits per heavy atom. The van der Waals surface area contributed by atoms with Gasteiger partial charge in [-0.1, -0.05) is 17.0 Å². The highest BCUT2D eigenvalue weighted by molar-refractivity contribution is 7.60. The fourth-order valence-electron chi connectivity index (χ4n) is 2.66. The van der Waals surface area contributed by atoms with E-state index in [0.717, 1.165) is 0 Å². The van der Waals surface area contributed by atoms with E-state index < -0.39 is 49.9 Å². The molecule has 2 rings (SSSR count). The van der Waals surface area contributed by atoms with Gasteiger partial charge in [0.05, 0.1) is 24.8 Å². The molecule has 1 aliphatic heterocycles. The van der Waals surface area contributed by atoms with Gasteiger partial charge in [0, 0.05) is 17.5 Å². The van der Waals surface area contributed by atoms with Gasteiger partial charge >= 0.3 is 31.5 Å². The molecule has 3 unspecified atom stereocenters. The Labute approximate surface area is 196 Å². The molecule has 0 saturated carbocycles. The average molecular weight is 541 g/mol. The summed E-state index contributed by atoms with van der Waals surface area (Å²) in [5.74, 6) is 5.57. The molecule has 34 heavy (non-hydrogen) atoms. The van der Waals surface area contributed by atoms with Crippen molar-refractivity contribution in [2.24, 2.45) is 5.11 Å². The number of rotatable bonds is 12. The summed E-state index contributed by atoms with van der Waals surface area (Å²) in [5, 5.41) is 6.14. The van der Waals surface area contributed by atoms with Crippen LogP contribution in [0, 0.1) is 11.8 Å². The second-order valence-corrected chi connectivity index (χ2v) is 9.20. The standard InChI is InChI=1S/C14H22N7O10P3/c1-17-4-2-3-9-6-21(14(22)19-13(9)15)12-5-10(27-8-18-20-16)11(29-12)7-28-33(25)31-34(26)30-32(23)24/h6,10-12,17,23-26H,4-5,7-8H2,1H3,(H2,15,19,22)/t10?,11-,12-,33?,34?/m1/s1. The maximum Gasteiger partial charge on any atom is 0.351 e. The number of hydrogen-bond acceptors (Lipinski definition) is 14. The van der Waals surface area contributed by atoms with Crippen LogP contribution in [0.4, 0.5) is 5.82 Å². The molecule has 1 aliphatic rings. The highest BCUT2D eigenvalue weighted by atomic mass is 31.3. The van der Waals surface area contributed by atoms with E-state index in [1.54, 1.807) is 7.05 Å². The normalized spacial score (nSPS) is 21.5. The van der Waals surface area contributed by atoms with Gasteiger partial charge in [0.2, 0.25) is 0 Å². The van der Waals surface area contributed by atoms with E-state index in [1.165, 1.54) is 10.8 Å². The van der Waals surface area contributed by atoms with Crippen LogP contribution < -0.4 is 16.7 Å². The summed E-state index contributed by atoms with van der Waals surface area (Å²) >= 11 is 0. The summed E-state index contributed by atoms with van der Waals surface area (Å²) < 4.78 is 26.4. The first-order valence-corrected chi connectivity index (χ1v) is 12.6. The predicted molar refractivity (Wildman–Crippen MR) is 119 cm³/mol. The zero-order valence-corrected chi connectivity index (χ0v) is 20.2. The summed E-state index contributed by atoms with van der Waals surface area (Å²) in [6, 6.07) is 0. The number of hydrogen-bond donors (Lipinski definition) is 6. The SMILES string of the molecule is CNCC#Cc1cn([C@H]2CC(OCN=[N+]=[N-])[C@@H](COP(O)OP(O)OP(O)O)O2)c(=O)nc1N. The monoisotopic (exact) mass is 541 g/mol. The number of anilines is 1. The van der Waals surface area contributed by atoms with Crippen LogP contribution in [0.5, 0.6) is 0 Å². The Bertz CT molecular complexity index is 970. The minimum Gasteiger partial charge on any atom is -0.382 e. The van der Waals surface area contributed by atoms with Crippen molar-refractivity contribution in [3.63, 3.8) is 0 Å². The fourth-order valence-corrected chi connectivity index (χ4v) is 4.49. The van der Waals surface area contributed by atoms with Crippen molar-refractivity contribution in [2.45, 2.75) is 24.9 Å². The number of nitrogens with two attached hydrogens (primary N) is 1. The van der Waals surface area contributed by atoms with Crippen LogP contribution in [0.1, 0.15) is 18.2 Å². The van der Waals surface area contributed by atoms with E-state index in [0.29, 0.717) is 12.1 Å². The van der Waals surface area contributed by atoms with Gasteiger partial charge in [0.15, 0.2) is 0 Å². The molecule has 0 bridgehead atoms. The summed E-state index contributed by atoms with van der Waals surface area (Å²) in [5.41, 5.74) is 13.9. The Morgan fingerprint density at radius 3 is 2.85 bits per heavy atom. The third-order valence-electron chi connectivity index (χ3n) is 4.00. The number of nitrogens with one attached hydrogen (secondary N) is 1. The molecule has 17 nitrogen and oxygen atoms in total. The van der Waals surface area contributed by atoms with Crippen LogP contribution >= 0.6 is 25.8 Å². The third kappa shape index (κ3) is 9.24. The zero-order chi connectivity index (χ0) is 25.1. The maximum absolute atomic E-state index is 12.4. The average Bonchev–Trinajstić information content (AvgIpc) is 3.16.